The van der Waals surface area contributed by atoms with Crippen LogP contribution in [0.3, 0.4) is 0 Å². The SMILES string of the molecule is O=C(CN1CCN(CC2CCNCC2)CC1)N1CCCCCC1. The van der Waals surface area contributed by atoms with Crippen molar-refractivity contribution in [3.63, 3.8) is 0 Å². The second kappa shape index (κ2) is 9.00. The first kappa shape index (κ1) is 17.2. The molecule has 0 aromatic rings. The van der Waals surface area contributed by atoms with E-state index >= 15 is 0 Å². The van der Waals surface area contributed by atoms with E-state index in [4.69, 9.17) is 0 Å². The smallest absolute Gasteiger partial charge is 0.236 e. The predicted molar refractivity (Wildman–Crippen MR) is 93.5 cm³/mol. The highest BCUT2D eigenvalue weighted by atomic mass is 16.2. The Morgan fingerprint density at radius 1 is 0.826 bits per heavy atom. The molecule has 3 saturated heterocycles. The fourth-order valence-electron chi connectivity index (χ4n) is 4.17. The summed E-state index contributed by atoms with van der Waals surface area (Å²) in [6.45, 7) is 10.6. The molecule has 0 aromatic heterocycles. The molecule has 1 N–H and O–H groups in total. The van der Waals surface area contributed by atoms with Crippen LogP contribution in [0.2, 0.25) is 0 Å². The normalized spacial score (nSPS) is 26.2. The third-order valence-electron chi connectivity index (χ3n) is 5.76. The molecule has 132 valence electrons. The van der Waals surface area contributed by atoms with E-state index < -0.39 is 0 Å². The van der Waals surface area contributed by atoms with Gasteiger partial charge in [0.25, 0.3) is 0 Å². The Bertz CT molecular complexity index is 354. The van der Waals surface area contributed by atoms with Crippen LogP contribution in [0, 0.1) is 5.92 Å². The molecule has 0 aromatic carbocycles. The molecule has 0 radical (unpaired) electrons. The average Bonchev–Trinajstić information content (AvgIpc) is 2.87. The van der Waals surface area contributed by atoms with E-state index in [9.17, 15) is 4.79 Å². The maximum Gasteiger partial charge on any atom is 0.236 e. The quantitative estimate of drug-likeness (QED) is 0.838. The van der Waals surface area contributed by atoms with Crippen LogP contribution in [0.4, 0.5) is 0 Å². The van der Waals surface area contributed by atoms with Gasteiger partial charge in [-0.05, 0) is 44.7 Å². The number of piperidine rings is 1. The van der Waals surface area contributed by atoms with Gasteiger partial charge in [-0.1, -0.05) is 12.8 Å². The highest BCUT2D eigenvalue weighted by Gasteiger charge is 2.24. The molecule has 0 spiro atoms. The van der Waals surface area contributed by atoms with Crippen molar-refractivity contribution < 1.29 is 4.79 Å². The molecule has 0 aliphatic carbocycles. The minimum atomic E-state index is 0.360. The zero-order chi connectivity index (χ0) is 15.9. The maximum absolute atomic E-state index is 12.5. The van der Waals surface area contributed by atoms with Crippen LogP contribution in [-0.2, 0) is 4.79 Å². The Hall–Kier alpha value is -0.650. The van der Waals surface area contributed by atoms with E-state index in [1.165, 1.54) is 58.2 Å². The molecule has 3 fully saturated rings. The number of hydrogen-bond acceptors (Lipinski definition) is 4. The molecule has 0 atom stereocenters. The van der Waals surface area contributed by atoms with Crippen molar-refractivity contribution in [2.45, 2.75) is 38.5 Å². The van der Waals surface area contributed by atoms with Crippen molar-refractivity contribution in [2.75, 3.05) is 65.4 Å². The minimum absolute atomic E-state index is 0.360. The zero-order valence-corrected chi connectivity index (χ0v) is 14.6. The molecule has 3 aliphatic heterocycles. The van der Waals surface area contributed by atoms with E-state index in [0.717, 1.165) is 45.2 Å². The average molecular weight is 322 g/mol. The second-order valence-corrected chi connectivity index (χ2v) is 7.57. The number of rotatable bonds is 4. The van der Waals surface area contributed by atoms with Crippen LogP contribution in [0.1, 0.15) is 38.5 Å². The van der Waals surface area contributed by atoms with Gasteiger partial charge in [0.2, 0.25) is 5.91 Å². The summed E-state index contributed by atoms with van der Waals surface area (Å²) in [4.78, 5) is 19.6. The largest absolute Gasteiger partial charge is 0.342 e. The third-order valence-corrected chi connectivity index (χ3v) is 5.76. The molecule has 0 unspecified atom stereocenters. The second-order valence-electron chi connectivity index (χ2n) is 7.57. The lowest BCUT2D eigenvalue weighted by Gasteiger charge is -2.37. The summed E-state index contributed by atoms with van der Waals surface area (Å²) in [5.74, 6) is 1.24. The Balaban J connectivity index is 1.35. The number of hydrogen-bond donors (Lipinski definition) is 1. The van der Waals surface area contributed by atoms with Gasteiger partial charge in [-0.2, -0.15) is 0 Å². The summed E-state index contributed by atoms with van der Waals surface area (Å²) >= 11 is 0. The summed E-state index contributed by atoms with van der Waals surface area (Å²) < 4.78 is 0. The Morgan fingerprint density at radius 2 is 1.43 bits per heavy atom. The molecular weight excluding hydrogens is 288 g/mol. The highest BCUT2D eigenvalue weighted by Crippen LogP contribution is 2.15. The number of amides is 1. The lowest BCUT2D eigenvalue weighted by Crippen LogP contribution is -2.51. The monoisotopic (exact) mass is 322 g/mol. The van der Waals surface area contributed by atoms with Gasteiger partial charge in [0.05, 0.1) is 6.54 Å². The van der Waals surface area contributed by atoms with Crippen molar-refractivity contribution in [1.29, 1.82) is 0 Å². The topological polar surface area (TPSA) is 38.8 Å². The summed E-state index contributed by atoms with van der Waals surface area (Å²) in [5, 5.41) is 3.45. The molecule has 3 aliphatic rings. The number of likely N-dealkylation sites (tertiary alicyclic amines) is 1. The Kier molecular flexibility index (Phi) is 6.72. The lowest BCUT2D eigenvalue weighted by molar-refractivity contribution is -0.132. The van der Waals surface area contributed by atoms with Crippen molar-refractivity contribution in [1.82, 2.24) is 20.0 Å². The maximum atomic E-state index is 12.5. The number of carbonyl (C=O) groups is 1. The van der Waals surface area contributed by atoms with E-state index in [1.54, 1.807) is 0 Å². The van der Waals surface area contributed by atoms with Crippen LogP contribution >= 0.6 is 0 Å². The molecule has 3 heterocycles. The molecule has 3 rings (SSSR count). The summed E-state index contributed by atoms with van der Waals surface area (Å²) in [5.41, 5.74) is 0. The van der Waals surface area contributed by atoms with Crippen LogP contribution < -0.4 is 5.32 Å². The molecule has 5 nitrogen and oxygen atoms in total. The first-order chi connectivity index (χ1) is 11.3. The summed E-state index contributed by atoms with van der Waals surface area (Å²) in [6.07, 6.45) is 7.62. The van der Waals surface area contributed by atoms with E-state index in [-0.39, 0.29) is 0 Å². The van der Waals surface area contributed by atoms with Crippen molar-refractivity contribution in [2.24, 2.45) is 5.92 Å². The number of carbonyl (C=O) groups excluding carboxylic acids is 1. The van der Waals surface area contributed by atoms with Gasteiger partial charge < -0.3 is 15.1 Å². The Labute approximate surface area is 141 Å². The predicted octanol–water partition coefficient (Wildman–Crippen LogP) is 1.01. The van der Waals surface area contributed by atoms with Crippen molar-refractivity contribution in [3.05, 3.63) is 0 Å². The van der Waals surface area contributed by atoms with E-state index in [2.05, 4.69) is 20.0 Å². The standard InChI is InChI=1S/C18H34N4O/c23-18(22-9-3-1-2-4-10-22)16-21-13-11-20(12-14-21)15-17-5-7-19-8-6-17/h17,19H,1-16H2. The first-order valence-electron chi connectivity index (χ1n) is 9.74. The molecular formula is C18H34N4O. The Morgan fingerprint density at radius 3 is 2.09 bits per heavy atom. The lowest BCUT2D eigenvalue weighted by atomic mass is 9.97. The van der Waals surface area contributed by atoms with Gasteiger partial charge in [0, 0.05) is 45.8 Å². The fraction of sp³-hybridized carbons (Fsp3) is 0.944. The van der Waals surface area contributed by atoms with Gasteiger partial charge in [0.1, 0.15) is 0 Å². The summed E-state index contributed by atoms with van der Waals surface area (Å²) in [7, 11) is 0. The summed E-state index contributed by atoms with van der Waals surface area (Å²) in [6, 6.07) is 0. The van der Waals surface area contributed by atoms with Gasteiger partial charge in [-0.25, -0.2) is 0 Å². The van der Waals surface area contributed by atoms with Crippen molar-refractivity contribution >= 4 is 5.91 Å². The van der Waals surface area contributed by atoms with Gasteiger partial charge in [0.15, 0.2) is 0 Å². The van der Waals surface area contributed by atoms with Crippen LogP contribution in [0.25, 0.3) is 0 Å². The van der Waals surface area contributed by atoms with Crippen molar-refractivity contribution in [3.8, 4) is 0 Å². The molecule has 0 bridgehead atoms. The third kappa shape index (κ3) is 5.44. The number of piperazine rings is 1. The van der Waals surface area contributed by atoms with E-state index in [1.807, 2.05) is 0 Å². The minimum Gasteiger partial charge on any atom is -0.342 e. The van der Waals surface area contributed by atoms with E-state index in [0.29, 0.717) is 12.5 Å². The van der Waals surface area contributed by atoms with Crippen LogP contribution in [-0.4, -0.2) is 86.1 Å². The fourth-order valence-corrected chi connectivity index (χ4v) is 4.17. The number of nitrogens with one attached hydrogen (secondary N) is 1. The molecule has 1 amide bonds. The van der Waals surface area contributed by atoms with Crippen LogP contribution in [0.5, 0.6) is 0 Å². The van der Waals surface area contributed by atoms with Crippen LogP contribution in [0.15, 0.2) is 0 Å². The molecule has 0 saturated carbocycles. The van der Waals surface area contributed by atoms with Gasteiger partial charge >= 0.3 is 0 Å². The zero-order valence-electron chi connectivity index (χ0n) is 14.6. The number of nitrogens with zero attached hydrogens (tertiary/aromatic N) is 3. The van der Waals surface area contributed by atoms with Gasteiger partial charge in [-0.15, -0.1) is 0 Å². The van der Waals surface area contributed by atoms with Gasteiger partial charge in [-0.3, -0.25) is 9.69 Å². The first-order valence-corrected chi connectivity index (χ1v) is 9.74. The molecule has 5 heteroatoms. The highest BCUT2D eigenvalue weighted by molar-refractivity contribution is 5.78. The molecule has 23 heavy (non-hydrogen) atoms.